The number of hydrogen-bond donors (Lipinski definition) is 2. The topological polar surface area (TPSA) is 121 Å². The summed E-state index contributed by atoms with van der Waals surface area (Å²) in [6, 6.07) is 10.6. The summed E-state index contributed by atoms with van der Waals surface area (Å²) in [6.45, 7) is 2.68. The van der Waals surface area contributed by atoms with Crippen molar-refractivity contribution < 1.29 is 9.53 Å². The number of rotatable bonds is 8. The molecule has 0 saturated heterocycles. The maximum absolute atomic E-state index is 12.7. The second-order valence-electron chi connectivity index (χ2n) is 7.63. The number of nitrogens with zero attached hydrogens (tertiary/aromatic N) is 6. The average molecular weight is 435 g/mol. The van der Waals surface area contributed by atoms with Gasteiger partial charge in [-0.15, -0.1) is 0 Å². The smallest absolute Gasteiger partial charge is 0.269 e. The minimum Gasteiger partial charge on any atom is -0.497 e. The number of ether oxygens (including phenoxy) is 1. The van der Waals surface area contributed by atoms with Crippen molar-refractivity contribution in [3.05, 3.63) is 47.8 Å². The van der Waals surface area contributed by atoms with Crippen LogP contribution in [-0.4, -0.2) is 64.3 Å². The minimum atomic E-state index is -0.201. The van der Waals surface area contributed by atoms with Crippen molar-refractivity contribution in [3.8, 4) is 23.2 Å². The molecule has 3 aromatic rings. The van der Waals surface area contributed by atoms with Gasteiger partial charge in [0.15, 0.2) is 0 Å². The third-order valence-electron chi connectivity index (χ3n) is 4.57. The largest absolute Gasteiger partial charge is 0.497 e. The second kappa shape index (κ2) is 9.89. The molecule has 0 radical (unpaired) electrons. The number of aromatic nitrogens is 4. The van der Waals surface area contributed by atoms with Crippen molar-refractivity contribution in [2.24, 2.45) is 7.05 Å². The van der Waals surface area contributed by atoms with Crippen LogP contribution in [0.25, 0.3) is 11.4 Å². The van der Waals surface area contributed by atoms with Gasteiger partial charge in [0.25, 0.3) is 5.91 Å². The summed E-state index contributed by atoms with van der Waals surface area (Å²) in [6.07, 6.45) is 1.60. The van der Waals surface area contributed by atoms with Gasteiger partial charge in [-0.1, -0.05) is 0 Å². The van der Waals surface area contributed by atoms with Crippen LogP contribution in [0, 0.1) is 11.3 Å². The Labute approximate surface area is 186 Å². The first-order valence-electron chi connectivity index (χ1n) is 9.98. The van der Waals surface area contributed by atoms with Crippen LogP contribution in [0.2, 0.25) is 0 Å². The predicted octanol–water partition coefficient (Wildman–Crippen LogP) is 2.18. The molecule has 1 amide bonds. The molecule has 166 valence electrons. The van der Waals surface area contributed by atoms with Crippen molar-refractivity contribution in [2.75, 3.05) is 33.1 Å². The molecule has 2 aromatic heterocycles. The Hall–Kier alpha value is -3.97. The number of amides is 1. The number of nitriles is 1. The van der Waals surface area contributed by atoms with Crippen LogP contribution in [0.15, 0.2) is 36.5 Å². The zero-order valence-electron chi connectivity index (χ0n) is 18.7. The van der Waals surface area contributed by atoms with Gasteiger partial charge in [0.2, 0.25) is 5.95 Å². The van der Waals surface area contributed by atoms with Crippen molar-refractivity contribution in [2.45, 2.75) is 13.0 Å². The number of anilines is 2. The lowest BCUT2D eigenvalue weighted by molar-refractivity contribution is 0.0925. The first-order valence-corrected chi connectivity index (χ1v) is 9.98. The molecule has 2 heterocycles. The van der Waals surface area contributed by atoms with Crippen LogP contribution in [0.5, 0.6) is 5.75 Å². The Bertz CT molecular complexity index is 1150. The maximum atomic E-state index is 12.7. The number of aryl methyl sites for hydroxylation is 1. The van der Waals surface area contributed by atoms with Gasteiger partial charge in [0, 0.05) is 37.6 Å². The van der Waals surface area contributed by atoms with Gasteiger partial charge in [-0.2, -0.15) is 10.4 Å². The van der Waals surface area contributed by atoms with Gasteiger partial charge in [0.05, 0.1) is 24.4 Å². The van der Waals surface area contributed by atoms with E-state index in [0.29, 0.717) is 40.0 Å². The Kier molecular flexibility index (Phi) is 7.02. The number of methoxy groups -OCH3 is 1. The van der Waals surface area contributed by atoms with E-state index in [4.69, 9.17) is 4.74 Å². The molecule has 1 atom stereocenters. The van der Waals surface area contributed by atoms with Gasteiger partial charge in [-0.25, -0.2) is 9.97 Å². The summed E-state index contributed by atoms with van der Waals surface area (Å²) in [4.78, 5) is 23.4. The molecule has 0 aliphatic heterocycles. The Morgan fingerprint density at radius 3 is 2.75 bits per heavy atom. The molecule has 0 spiro atoms. The number of carbonyl (C=O) groups excluding carboxylic acids is 1. The summed E-state index contributed by atoms with van der Waals surface area (Å²) in [5.74, 6) is 0.677. The highest BCUT2D eigenvalue weighted by atomic mass is 16.5. The lowest BCUT2D eigenvalue weighted by Gasteiger charge is -2.18. The summed E-state index contributed by atoms with van der Waals surface area (Å²) in [5, 5.41) is 19.7. The van der Waals surface area contributed by atoms with E-state index in [1.165, 1.54) is 11.8 Å². The van der Waals surface area contributed by atoms with Crippen LogP contribution >= 0.6 is 0 Å². The number of carbonyl (C=O) groups is 1. The van der Waals surface area contributed by atoms with E-state index in [9.17, 15) is 10.1 Å². The lowest BCUT2D eigenvalue weighted by Crippen LogP contribution is -2.40. The minimum absolute atomic E-state index is 0.00753. The van der Waals surface area contributed by atoms with Gasteiger partial charge < -0.3 is 20.3 Å². The van der Waals surface area contributed by atoms with E-state index < -0.39 is 0 Å². The van der Waals surface area contributed by atoms with Crippen LogP contribution in [-0.2, 0) is 7.05 Å². The van der Waals surface area contributed by atoms with E-state index in [0.717, 1.165) is 6.54 Å². The zero-order chi connectivity index (χ0) is 23.3. The van der Waals surface area contributed by atoms with Crippen LogP contribution in [0.1, 0.15) is 23.0 Å². The molecule has 0 unspecified atom stereocenters. The van der Waals surface area contributed by atoms with Crippen LogP contribution in [0.4, 0.5) is 11.6 Å². The predicted molar refractivity (Wildman–Crippen MR) is 121 cm³/mol. The van der Waals surface area contributed by atoms with Gasteiger partial charge in [-0.3, -0.25) is 9.48 Å². The first-order chi connectivity index (χ1) is 15.3. The summed E-state index contributed by atoms with van der Waals surface area (Å²) >= 11 is 0. The van der Waals surface area contributed by atoms with E-state index in [2.05, 4.69) is 31.8 Å². The van der Waals surface area contributed by atoms with E-state index in [1.807, 2.05) is 25.9 Å². The fraction of sp³-hybridized carbons (Fsp3) is 0.318. The molecule has 32 heavy (non-hydrogen) atoms. The summed E-state index contributed by atoms with van der Waals surface area (Å²) in [7, 11) is 7.17. The molecular weight excluding hydrogens is 408 g/mol. The van der Waals surface area contributed by atoms with E-state index >= 15 is 0 Å². The molecule has 0 aliphatic carbocycles. The molecule has 10 heteroatoms. The highest BCUT2D eigenvalue weighted by molar-refractivity contribution is 5.93. The van der Waals surface area contributed by atoms with Crippen molar-refractivity contribution in [1.29, 1.82) is 5.26 Å². The summed E-state index contributed by atoms with van der Waals surface area (Å²) in [5.41, 5.74) is 2.61. The Morgan fingerprint density at radius 1 is 1.28 bits per heavy atom. The fourth-order valence-electron chi connectivity index (χ4n) is 3.24. The number of hydrogen-bond acceptors (Lipinski definition) is 8. The molecule has 2 N–H and O–H groups in total. The monoisotopic (exact) mass is 434 g/mol. The van der Waals surface area contributed by atoms with Crippen molar-refractivity contribution in [1.82, 2.24) is 30.0 Å². The third kappa shape index (κ3) is 5.59. The first kappa shape index (κ1) is 22.7. The highest BCUT2D eigenvalue weighted by Crippen LogP contribution is 2.24. The summed E-state index contributed by atoms with van der Waals surface area (Å²) < 4.78 is 6.76. The molecule has 0 saturated carbocycles. The maximum Gasteiger partial charge on any atom is 0.269 e. The molecule has 0 aliphatic rings. The fourth-order valence-corrected chi connectivity index (χ4v) is 3.24. The van der Waals surface area contributed by atoms with Gasteiger partial charge in [0.1, 0.15) is 17.1 Å². The van der Waals surface area contributed by atoms with E-state index in [-0.39, 0.29) is 11.9 Å². The molecular formula is C22H26N8O2. The quantitative estimate of drug-likeness (QED) is 0.553. The molecule has 3 rings (SSSR count). The van der Waals surface area contributed by atoms with Gasteiger partial charge in [-0.05, 0) is 45.3 Å². The average Bonchev–Trinajstić information content (AvgIpc) is 3.14. The molecule has 0 fully saturated rings. The van der Waals surface area contributed by atoms with Crippen molar-refractivity contribution in [3.63, 3.8) is 0 Å². The highest BCUT2D eigenvalue weighted by Gasteiger charge is 2.17. The normalized spacial score (nSPS) is 11.7. The number of likely N-dealkylation sites (N-methyl/N-ethyl adjacent to an activating group) is 1. The second-order valence-corrected chi connectivity index (χ2v) is 7.63. The van der Waals surface area contributed by atoms with Crippen molar-refractivity contribution >= 4 is 17.5 Å². The van der Waals surface area contributed by atoms with Crippen LogP contribution in [0.3, 0.4) is 0 Å². The third-order valence-corrected chi connectivity index (χ3v) is 4.57. The SMILES string of the molecule is COc1cc(C#N)cc(Nc2nccc(-c3cc(C(=O)N[C@@H](C)CN(C)C)n(C)n3)n2)c1. The van der Waals surface area contributed by atoms with E-state index in [1.54, 1.807) is 43.6 Å². The Morgan fingerprint density at radius 2 is 2.06 bits per heavy atom. The zero-order valence-corrected chi connectivity index (χ0v) is 18.7. The number of benzene rings is 1. The Balaban J connectivity index is 1.81. The standard InChI is InChI=1S/C22H26N8O2/c1-14(13-29(2)3)25-21(31)20-11-19(28-30(20)4)18-6-7-24-22(27-18)26-16-8-15(12-23)9-17(10-16)32-5/h6-11,14H,13H2,1-5H3,(H,25,31)(H,24,26,27)/t14-/m0/s1. The number of nitrogens with one attached hydrogen (secondary N) is 2. The van der Waals surface area contributed by atoms with Gasteiger partial charge >= 0.3 is 0 Å². The molecule has 10 nitrogen and oxygen atoms in total. The van der Waals surface area contributed by atoms with Crippen LogP contribution < -0.4 is 15.4 Å². The molecule has 1 aromatic carbocycles. The lowest BCUT2D eigenvalue weighted by atomic mass is 10.2. The molecule has 0 bridgehead atoms.